The summed E-state index contributed by atoms with van der Waals surface area (Å²) in [5.74, 6) is -3.45. The molecule has 1 saturated carbocycles. The molecule has 2 nitrogen and oxygen atoms in total. The molecule has 2 aromatic rings. The third kappa shape index (κ3) is 5.00. The lowest BCUT2D eigenvalue weighted by Crippen LogP contribution is -2.34. The van der Waals surface area contributed by atoms with Crippen LogP contribution in [-0.2, 0) is 11.2 Å². The molecule has 0 radical (unpaired) electrons. The zero-order chi connectivity index (χ0) is 20.5. The van der Waals surface area contributed by atoms with Crippen LogP contribution in [-0.4, -0.2) is 12.1 Å². The number of benzene rings is 2. The molecule has 0 bridgehead atoms. The molecule has 2 atom stereocenters. The molecule has 1 aliphatic rings. The highest BCUT2D eigenvalue weighted by Crippen LogP contribution is 2.40. The topological polar surface area (TPSA) is 29.1 Å². The molecule has 0 aliphatic heterocycles. The lowest BCUT2D eigenvalue weighted by molar-refractivity contribution is -0.178. The number of alkyl halides is 3. The average molecular weight is 430 g/mol. The number of hydrogen-bond donors (Lipinski definition) is 1. The Morgan fingerprint density at radius 1 is 1.14 bits per heavy atom. The van der Waals surface area contributed by atoms with Gasteiger partial charge in [-0.05, 0) is 54.5 Å². The molecule has 28 heavy (non-hydrogen) atoms. The second-order valence-corrected chi connectivity index (χ2v) is 8.09. The number of amides is 1. The van der Waals surface area contributed by atoms with Crippen LogP contribution in [0.1, 0.15) is 36.8 Å². The van der Waals surface area contributed by atoms with Crippen LogP contribution in [0.3, 0.4) is 0 Å². The molecule has 1 fully saturated rings. The van der Waals surface area contributed by atoms with E-state index in [0.29, 0.717) is 21.7 Å². The monoisotopic (exact) mass is 429 g/mol. The maximum atomic E-state index is 13.4. The van der Waals surface area contributed by atoms with Crippen LogP contribution in [0.5, 0.6) is 0 Å². The fourth-order valence-electron chi connectivity index (χ4n) is 3.20. The van der Waals surface area contributed by atoms with Crippen molar-refractivity contribution in [1.82, 2.24) is 0 Å². The number of carbonyl (C=O) groups is 1. The molecule has 0 heterocycles. The summed E-state index contributed by atoms with van der Waals surface area (Å²) in [5.41, 5.74) is 1.48. The van der Waals surface area contributed by atoms with Gasteiger partial charge < -0.3 is 5.32 Å². The molecule has 1 amide bonds. The highest BCUT2D eigenvalue weighted by molar-refractivity contribution is 6.34. The van der Waals surface area contributed by atoms with Crippen molar-refractivity contribution in [3.8, 4) is 0 Å². The molecular formula is C21H20Cl2F3NO. The summed E-state index contributed by atoms with van der Waals surface area (Å²) < 4.78 is 40.3. The molecule has 0 spiro atoms. The first-order chi connectivity index (χ1) is 13.2. The van der Waals surface area contributed by atoms with Crippen molar-refractivity contribution in [2.75, 3.05) is 5.32 Å². The van der Waals surface area contributed by atoms with Crippen molar-refractivity contribution in [2.45, 2.75) is 38.3 Å². The van der Waals surface area contributed by atoms with Gasteiger partial charge in [0.1, 0.15) is 0 Å². The predicted octanol–water partition coefficient (Wildman–Crippen LogP) is 6.87. The van der Waals surface area contributed by atoms with Crippen molar-refractivity contribution in [1.29, 1.82) is 0 Å². The van der Waals surface area contributed by atoms with Gasteiger partial charge in [0.25, 0.3) is 0 Å². The van der Waals surface area contributed by atoms with Crippen LogP contribution < -0.4 is 5.32 Å². The van der Waals surface area contributed by atoms with Gasteiger partial charge in [0, 0.05) is 5.02 Å². The van der Waals surface area contributed by atoms with Gasteiger partial charge in [0.05, 0.1) is 22.5 Å². The van der Waals surface area contributed by atoms with Gasteiger partial charge in [-0.1, -0.05) is 54.4 Å². The van der Waals surface area contributed by atoms with Crippen molar-refractivity contribution < 1.29 is 18.0 Å². The largest absolute Gasteiger partial charge is 0.392 e. The van der Waals surface area contributed by atoms with E-state index in [1.165, 1.54) is 24.3 Å². The van der Waals surface area contributed by atoms with Crippen LogP contribution >= 0.6 is 23.2 Å². The van der Waals surface area contributed by atoms with E-state index in [9.17, 15) is 18.0 Å². The number of rotatable bonds is 6. The lowest BCUT2D eigenvalue weighted by atomic mass is 9.86. The minimum Gasteiger partial charge on any atom is -0.324 e. The van der Waals surface area contributed by atoms with Gasteiger partial charge in [0.15, 0.2) is 0 Å². The fourth-order valence-corrected chi connectivity index (χ4v) is 3.58. The quantitative estimate of drug-likeness (QED) is 0.533. The Hall–Kier alpha value is -1.72. The summed E-state index contributed by atoms with van der Waals surface area (Å²) >= 11 is 12.3. The first kappa shape index (κ1) is 21.0. The second-order valence-electron chi connectivity index (χ2n) is 7.27. The van der Waals surface area contributed by atoms with Gasteiger partial charge in [-0.25, -0.2) is 0 Å². The summed E-state index contributed by atoms with van der Waals surface area (Å²) in [6.07, 6.45) is -1.43. The molecule has 2 aromatic carbocycles. The lowest BCUT2D eigenvalue weighted by Gasteiger charge is -2.26. The smallest absolute Gasteiger partial charge is 0.324 e. The van der Waals surface area contributed by atoms with Crippen LogP contribution in [0, 0.1) is 11.8 Å². The zero-order valence-electron chi connectivity index (χ0n) is 15.2. The van der Waals surface area contributed by atoms with E-state index < -0.39 is 23.9 Å². The predicted molar refractivity (Wildman–Crippen MR) is 106 cm³/mol. The molecular weight excluding hydrogens is 410 g/mol. The Balaban J connectivity index is 1.88. The maximum absolute atomic E-state index is 13.4. The Labute approximate surface area is 172 Å². The summed E-state index contributed by atoms with van der Waals surface area (Å²) in [5, 5.41) is 3.38. The first-order valence-electron chi connectivity index (χ1n) is 9.07. The van der Waals surface area contributed by atoms with Gasteiger partial charge in [-0.15, -0.1) is 0 Å². The normalized spacial score (nSPS) is 16.5. The fraction of sp³-hybridized carbons (Fsp3) is 0.381. The molecule has 7 heteroatoms. The van der Waals surface area contributed by atoms with E-state index in [-0.39, 0.29) is 5.56 Å². The summed E-state index contributed by atoms with van der Waals surface area (Å²) in [6.45, 7) is 1.00. The Kier molecular flexibility index (Phi) is 6.25. The number of anilines is 1. The molecule has 0 unspecified atom stereocenters. The van der Waals surface area contributed by atoms with E-state index >= 15 is 0 Å². The van der Waals surface area contributed by atoms with Gasteiger partial charge in [0.2, 0.25) is 5.91 Å². The van der Waals surface area contributed by atoms with Crippen LogP contribution in [0.2, 0.25) is 10.0 Å². The SMILES string of the molecule is C[C@H]([C@H](C(=O)Nc1cccc(CC2CC2)c1Cl)c1ccc(Cl)cc1)C(F)(F)F. The number of nitrogens with one attached hydrogen (secondary N) is 1. The second kappa shape index (κ2) is 8.34. The molecule has 0 aromatic heterocycles. The van der Waals surface area contributed by atoms with E-state index in [1.54, 1.807) is 12.1 Å². The van der Waals surface area contributed by atoms with Gasteiger partial charge >= 0.3 is 6.18 Å². The molecule has 0 saturated heterocycles. The van der Waals surface area contributed by atoms with Crippen LogP contribution in [0.25, 0.3) is 0 Å². The van der Waals surface area contributed by atoms with Crippen LogP contribution in [0.4, 0.5) is 18.9 Å². The molecule has 1 N–H and O–H groups in total. The van der Waals surface area contributed by atoms with Crippen molar-refractivity contribution >= 4 is 34.8 Å². The Bertz CT molecular complexity index is 848. The maximum Gasteiger partial charge on any atom is 0.392 e. The third-order valence-corrected chi connectivity index (χ3v) is 5.77. The summed E-state index contributed by atoms with van der Waals surface area (Å²) in [7, 11) is 0. The first-order valence-corrected chi connectivity index (χ1v) is 9.83. The van der Waals surface area contributed by atoms with Crippen molar-refractivity contribution in [3.63, 3.8) is 0 Å². The van der Waals surface area contributed by atoms with Crippen molar-refractivity contribution in [2.24, 2.45) is 11.8 Å². The summed E-state index contributed by atoms with van der Waals surface area (Å²) in [6, 6.07) is 11.1. The minimum absolute atomic E-state index is 0.247. The number of hydrogen-bond acceptors (Lipinski definition) is 1. The minimum atomic E-state index is -4.53. The number of carbonyl (C=O) groups excluding carboxylic acids is 1. The van der Waals surface area contributed by atoms with Crippen LogP contribution in [0.15, 0.2) is 42.5 Å². The van der Waals surface area contributed by atoms with Gasteiger partial charge in [-0.3, -0.25) is 4.79 Å². The molecule has 1 aliphatic carbocycles. The summed E-state index contributed by atoms with van der Waals surface area (Å²) in [4.78, 5) is 12.9. The highest BCUT2D eigenvalue weighted by atomic mass is 35.5. The molecule has 150 valence electrons. The van der Waals surface area contributed by atoms with Gasteiger partial charge in [-0.2, -0.15) is 13.2 Å². The van der Waals surface area contributed by atoms with E-state index in [2.05, 4.69) is 5.32 Å². The number of halogens is 5. The zero-order valence-corrected chi connectivity index (χ0v) is 16.7. The third-order valence-electron chi connectivity index (χ3n) is 5.07. The Morgan fingerprint density at radius 2 is 1.79 bits per heavy atom. The standard InChI is InChI=1S/C21H20Cl2F3NO/c1-12(21(24,25)26)18(14-7-9-16(22)10-8-14)20(28)27-17-4-2-3-15(19(17)23)11-13-5-6-13/h2-4,7-10,12-13,18H,5-6,11H2,1H3,(H,27,28)/t12-,18+/m1/s1. The van der Waals surface area contributed by atoms with Crippen molar-refractivity contribution in [3.05, 3.63) is 63.6 Å². The van der Waals surface area contributed by atoms with E-state index in [0.717, 1.165) is 31.7 Å². The Morgan fingerprint density at radius 3 is 2.36 bits per heavy atom. The van der Waals surface area contributed by atoms with E-state index in [1.807, 2.05) is 6.07 Å². The highest BCUT2D eigenvalue weighted by Gasteiger charge is 2.45. The average Bonchev–Trinajstić information content (AvgIpc) is 3.43. The van der Waals surface area contributed by atoms with E-state index in [4.69, 9.17) is 23.2 Å². The molecule has 3 rings (SSSR count).